The molecule has 1 unspecified atom stereocenters. The van der Waals surface area contributed by atoms with Crippen molar-refractivity contribution in [1.82, 2.24) is 0 Å². The zero-order valence-electron chi connectivity index (χ0n) is 11.2. The highest BCUT2D eigenvalue weighted by atomic mass is 32.3. The van der Waals surface area contributed by atoms with Crippen LogP contribution in [-0.2, 0) is 28.2 Å². The van der Waals surface area contributed by atoms with E-state index < -0.39 is 21.9 Å². The number of aliphatic hydroxyl groups is 2. The van der Waals surface area contributed by atoms with Crippen LogP contribution in [-0.4, -0.2) is 36.8 Å². The largest absolute Gasteiger partial charge is 0.392 e. The first-order chi connectivity index (χ1) is 9.82. The van der Waals surface area contributed by atoms with Gasteiger partial charge in [0.05, 0.1) is 19.0 Å². The summed E-state index contributed by atoms with van der Waals surface area (Å²) in [5.74, 6) is -1.58. The first kappa shape index (κ1) is 15.9. The molecule has 0 bridgehead atoms. The summed E-state index contributed by atoms with van der Waals surface area (Å²) in [5, 5.41) is 18.4. The van der Waals surface area contributed by atoms with Crippen molar-refractivity contribution in [3.05, 3.63) is 29.3 Å². The molecule has 0 spiro atoms. The fourth-order valence-electron chi connectivity index (χ4n) is 2.51. The molecule has 1 aromatic carbocycles. The zero-order chi connectivity index (χ0) is 15.6. The third-order valence-corrected chi connectivity index (χ3v) is 4.22. The number of aliphatic hydroxyl groups excluding tert-OH is 2. The summed E-state index contributed by atoms with van der Waals surface area (Å²) in [6.45, 7) is -0.391. The Hall–Kier alpha value is -1.51. The molecule has 1 amide bonds. The van der Waals surface area contributed by atoms with Gasteiger partial charge in [-0.3, -0.25) is 4.79 Å². The summed E-state index contributed by atoms with van der Waals surface area (Å²) in [4.78, 5) is 13.3. The first-order valence-corrected chi connectivity index (χ1v) is 7.95. The minimum Gasteiger partial charge on any atom is -0.392 e. The molecule has 1 saturated heterocycles. The number of benzene rings is 1. The van der Waals surface area contributed by atoms with Crippen molar-refractivity contribution in [3.63, 3.8) is 0 Å². The van der Waals surface area contributed by atoms with Crippen molar-refractivity contribution in [2.45, 2.75) is 19.6 Å². The number of anilines is 1. The van der Waals surface area contributed by atoms with E-state index >= 15 is 0 Å². The molecule has 1 aromatic rings. The molecule has 1 heterocycles. The third-order valence-electron chi connectivity index (χ3n) is 3.35. The Morgan fingerprint density at radius 1 is 1.19 bits per heavy atom. The van der Waals surface area contributed by atoms with Crippen molar-refractivity contribution < 1.29 is 27.3 Å². The maximum absolute atomic E-state index is 12.7. The highest BCUT2D eigenvalue weighted by molar-refractivity contribution is 7.86. The average molecular weight is 317 g/mol. The van der Waals surface area contributed by atoms with Crippen LogP contribution in [0.1, 0.15) is 17.5 Å². The van der Waals surface area contributed by atoms with E-state index in [1.165, 1.54) is 4.90 Å². The monoisotopic (exact) mass is 317 g/mol. The Kier molecular flexibility index (Phi) is 4.60. The van der Waals surface area contributed by atoms with Gasteiger partial charge in [-0.1, -0.05) is 6.07 Å². The van der Waals surface area contributed by atoms with Gasteiger partial charge in [-0.05, 0) is 23.3 Å². The Morgan fingerprint density at radius 2 is 1.76 bits per heavy atom. The van der Waals surface area contributed by atoms with E-state index in [4.69, 9.17) is 0 Å². The molecule has 21 heavy (non-hydrogen) atoms. The second kappa shape index (κ2) is 6.08. The standard InChI is InChI=1S/C13H16FNO5S/c14-21(19,20)8-11-4-13(18)15(5-11)12-2-9(6-16)1-10(3-12)7-17/h1-3,11,16-17H,4-8H2. The van der Waals surface area contributed by atoms with Crippen LogP contribution in [0.25, 0.3) is 0 Å². The first-order valence-electron chi connectivity index (χ1n) is 6.39. The minimum absolute atomic E-state index is 0.0407. The Morgan fingerprint density at radius 3 is 2.24 bits per heavy atom. The number of rotatable bonds is 5. The molecule has 1 aliphatic rings. The topological polar surface area (TPSA) is 94.9 Å². The molecule has 1 atom stereocenters. The van der Waals surface area contributed by atoms with Crippen molar-refractivity contribution in [3.8, 4) is 0 Å². The van der Waals surface area contributed by atoms with Crippen LogP contribution in [0.2, 0.25) is 0 Å². The van der Waals surface area contributed by atoms with Crippen LogP contribution >= 0.6 is 0 Å². The molecule has 0 radical (unpaired) electrons. The zero-order valence-corrected chi connectivity index (χ0v) is 12.0. The molecule has 2 N–H and O–H groups in total. The maximum Gasteiger partial charge on any atom is 0.302 e. The number of nitrogens with zero attached hydrogens (tertiary/aromatic N) is 1. The van der Waals surface area contributed by atoms with Crippen LogP contribution in [0.4, 0.5) is 9.57 Å². The molecule has 1 aliphatic heterocycles. The van der Waals surface area contributed by atoms with E-state index in [9.17, 15) is 27.3 Å². The van der Waals surface area contributed by atoms with Crippen molar-refractivity contribution in [2.75, 3.05) is 17.2 Å². The van der Waals surface area contributed by atoms with Gasteiger partial charge in [0.1, 0.15) is 0 Å². The quantitative estimate of drug-likeness (QED) is 0.763. The molecule has 116 valence electrons. The summed E-state index contributed by atoms with van der Waals surface area (Å²) in [6, 6.07) is 4.78. The van der Waals surface area contributed by atoms with Gasteiger partial charge in [-0.15, -0.1) is 3.89 Å². The molecule has 2 rings (SSSR count). The van der Waals surface area contributed by atoms with Gasteiger partial charge < -0.3 is 15.1 Å². The summed E-state index contributed by atoms with van der Waals surface area (Å²) >= 11 is 0. The number of amides is 1. The molecule has 0 saturated carbocycles. The van der Waals surface area contributed by atoms with E-state index in [1.807, 2.05) is 0 Å². The molecule has 6 nitrogen and oxygen atoms in total. The minimum atomic E-state index is -4.62. The predicted octanol–water partition coefficient (Wildman–Crippen LogP) is 0.323. The Labute approximate surface area is 122 Å². The lowest BCUT2D eigenvalue weighted by atomic mass is 10.1. The lowest BCUT2D eigenvalue weighted by Crippen LogP contribution is -2.25. The number of carbonyl (C=O) groups is 1. The van der Waals surface area contributed by atoms with Gasteiger partial charge in [0.2, 0.25) is 5.91 Å². The van der Waals surface area contributed by atoms with E-state index in [2.05, 4.69) is 0 Å². The number of hydrogen-bond donors (Lipinski definition) is 2. The van der Waals surface area contributed by atoms with Crippen LogP contribution < -0.4 is 4.90 Å². The molecular weight excluding hydrogens is 301 g/mol. The van der Waals surface area contributed by atoms with E-state index in [-0.39, 0.29) is 32.1 Å². The molecular formula is C13H16FNO5S. The van der Waals surface area contributed by atoms with Crippen molar-refractivity contribution in [1.29, 1.82) is 0 Å². The summed E-state index contributed by atoms with van der Waals surface area (Å²) < 4.78 is 34.1. The summed E-state index contributed by atoms with van der Waals surface area (Å²) in [6.07, 6.45) is -0.0407. The molecule has 1 fully saturated rings. The van der Waals surface area contributed by atoms with Gasteiger partial charge >= 0.3 is 10.2 Å². The lowest BCUT2D eigenvalue weighted by Gasteiger charge is -2.18. The normalized spacial score (nSPS) is 19.3. The molecule has 0 aromatic heterocycles. The van der Waals surface area contributed by atoms with Crippen molar-refractivity contribution in [2.24, 2.45) is 5.92 Å². The van der Waals surface area contributed by atoms with Crippen LogP contribution in [0.5, 0.6) is 0 Å². The van der Waals surface area contributed by atoms with Gasteiger partial charge in [0, 0.05) is 24.6 Å². The maximum atomic E-state index is 12.7. The van der Waals surface area contributed by atoms with Crippen molar-refractivity contribution >= 4 is 21.8 Å². The van der Waals surface area contributed by atoms with Gasteiger partial charge in [0.25, 0.3) is 0 Å². The highest BCUT2D eigenvalue weighted by Crippen LogP contribution is 2.28. The second-order valence-electron chi connectivity index (χ2n) is 5.10. The van der Waals surface area contributed by atoms with Gasteiger partial charge in [0.15, 0.2) is 0 Å². The van der Waals surface area contributed by atoms with Crippen LogP contribution in [0.15, 0.2) is 18.2 Å². The average Bonchev–Trinajstić information content (AvgIpc) is 2.76. The van der Waals surface area contributed by atoms with Gasteiger partial charge in [-0.2, -0.15) is 8.42 Å². The number of hydrogen-bond acceptors (Lipinski definition) is 5. The third kappa shape index (κ3) is 3.99. The smallest absolute Gasteiger partial charge is 0.302 e. The molecule has 8 heteroatoms. The highest BCUT2D eigenvalue weighted by Gasteiger charge is 2.33. The van der Waals surface area contributed by atoms with Crippen LogP contribution in [0.3, 0.4) is 0 Å². The van der Waals surface area contributed by atoms with Gasteiger partial charge in [-0.25, -0.2) is 0 Å². The van der Waals surface area contributed by atoms with E-state index in [0.717, 1.165) is 0 Å². The summed E-state index contributed by atoms with van der Waals surface area (Å²) in [5.41, 5.74) is 1.53. The Balaban J connectivity index is 2.24. The predicted molar refractivity (Wildman–Crippen MR) is 73.6 cm³/mol. The fraction of sp³-hybridized carbons (Fsp3) is 0.462. The Bertz CT molecular complexity index is 624. The lowest BCUT2D eigenvalue weighted by molar-refractivity contribution is -0.117. The van der Waals surface area contributed by atoms with Crippen LogP contribution in [0, 0.1) is 5.92 Å². The summed E-state index contributed by atoms with van der Waals surface area (Å²) in [7, 11) is -4.62. The van der Waals surface area contributed by atoms with E-state index in [0.29, 0.717) is 16.8 Å². The fourth-order valence-corrected chi connectivity index (χ4v) is 3.29. The number of halogens is 1. The van der Waals surface area contributed by atoms with E-state index in [1.54, 1.807) is 18.2 Å². The number of carbonyl (C=O) groups excluding carboxylic acids is 1. The SMILES string of the molecule is O=C1CC(CS(=O)(=O)F)CN1c1cc(CO)cc(CO)c1. The second-order valence-corrected chi connectivity index (χ2v) is 6.51. The molecule has 0 aliphatic carbocycles.